The molecule has 2 aliphatic carbocycles. The number of carboxylic acids is 1. The van der Waals surface area contributed by atoms with E-state index in [0.717, 1.165) is 80.4 Å². The van der Waals surface area contributed by atoms with Gasteiger partial charge in [0, 0.05) is 81.5 Å². The third-order valence-corrected chi connectivity index (χ3v) is 13.6. The number of aromatic nitrogens is 8. The number of carboxylic acid groups (broad SMARTS) is 1. The number of hydrogen-bond donors (Lipinski definition) is 4. The molecule has 2 atom stereocenters. The molecule has 2 saturated heterocycles. The van der Waals surface area contributed by atoms with Gasteiger partial charge in [-0.3, -0.25) is 20.8 Å². The molecule has 0 bridgehead atoms. The molecule has 2 saturated carbocycles. The summed E-state index contributed by atoms with van der Waals surface area (Å²) in [5.74, 6) is -1.13. The molecule has 0 spiro atoms. The van der Waals surface area contributed by atoms with E-state index in [1.165, 1.54) is 35.4 Å². The summed E-state index contributed by atoms with van der Waals surface area (Å²) in [4.78, 5) is 71.3. The van der Waals surface area contributed by atoms with Crippen molar-refractivity contribution in [3.63, 3.8) is 0 Å². The van der Waals surface area contributed by atoms with Crippen LogP contribution in [-0.2, 0) is 27.1 Å². The summed E-state index contributed by atoms with van der Waals surface area (Å²) in [6.45, 7) is 17.3. The van der Waals surface area contributed by atoms with E-state index in [4.69, 9.17) is 24.3 Å². The van der Waals surface area contributed by atoms with Gasteiger partial charge in [-0.15, -0.1) is 0 Å². The Balaban J connectivity index is 0.000000249. The summed E-state index contributed by atoms with van der Waals surface area (Å²) >= 11 is 0. The first kappa shape index (κ1) is 65.1. The largest absolute Gasteiger partial charge is 1.00 e. The number of nitrogens with zero attached hydrogens (tertiary/aromatic N) is 12. The fourth-order valence-corrected chi connectivity index (χ4v) is 9.95. The van der Waals surface area contributed by atoms with Crippen LogP contribution in [0.5, 0.6) is 0 Å². The van der Waals surface area contributed by atoms with E-state index >= 15 is 0 Å². The predicted molar refractivity (Wildman–Crippen MR) is 296 cm³/mol. The van der Waals surface area contributed by atoms with Crippen LogP contribution in [0.4, 0.5) is 30.0 Å². The number of amides is 2. The molecule has 0 aromatic carbocycles. The Morgan fingerprint density at radius 2 is 1.08 bits per heavy atom. The quantitative estimate of drug-likeness (QED) is 0.0413. The van der Waals surface area contributed by atoms with Gasteiger partial charge in [0.25, 0.3) is 0 Å². The van der Waals surface area contributed by atoms with Crippen LogP contribution >= 0.6 is 0 Å². The number of aromatic carboxylic acids is 1. The number of hydrogen-bond acceptors (Lipinski definition) is 19. The van der Waals surface area contributed by atoms with Crippen LogP contribution in [0.1, 0.15) is 162 Å². The molecule has 6 aromatic rings. The average Bonchev–Trinajstić information content (AvgIpc) is 4.40. The van der Waals surface area contributed by atoms with Crippen molar-refractivity contribution in [2.75, 3.05) is 49.2 Å². The number of ether oxygens (including phenoxy) is 3. The standard InChI is InChI=1S/C28H36FN7O4.C26H32FN7O4.C2H6O.Li.H2O/c1-5-39-26(37)21-17-31-36-14-11-24(32-25(21)36)34-12-6-7-23(34)20-15-18(29)16-30-22(20)10-13-35(19-8-9-19)33-27(38)40-28(2,3)4;1-26(2,3)38-25(37)31-33(17-6-7-17)11-8-20-18(13-16(27)14-28-20)21-5-4-10-32(21)22-9-12-34-23(30-22)19(15-29-34)24(35)36;1-2-3;;/h11,14-17,19,23H,5-10,12-13H2,1-4H3,(H,33,38);9,12-15,17,21H,4-8,10-11H2,1-3H3,(H,31,37)(H,35,36);3H,2H2,1H3;;1H2/q;;;+1;/p-1. The van der Waals surface area contributed by atoms with Crippen LogP contribution in [0, 0.1) is 11.6 Å². The van der Waals surface area contributed by atoms with Crippen molar-refractivity contribution in [2.45, 2.75) is 155 Å². The number of nitrogens with one attached hydrogen (secondary N) is 2. The molecule has 10 rings (SSSR count). The van der Waals surface area contributed by atoms with Crippen LogP contribution in [0.25, 0.3) is 11.3 Å². The molecule has 4 fully saturated rings. The van der Waals surface area contributed by atoms with Crippen molar-refractivity contribution in [2.24, 2.45) is 0 Å². The van der Waals surface area contributed by atoms with Gasteiger partial charge < -0.3 is 39.7 Å². The van der Waals surface area contributed by atoms with Gasteiger partial charge in [-0.25, -0.2) is 57.0 Å². The molecule has 6 aromatic heterocycles. The summed E-state index contributed by atoms with van der Waals surface area (Å²) in [6, 6.07) is 6.88. The zero-order chi connectivity index (χ0) is 58.2. The Morgan fingerprint density at radius 1 is 0.675 bits per heavy atom. The van der Waals surface area contributed by atoms with E-state index in [9.17, 15) is 33.1 Å². The van der Waals surface area contributed by atoms with E-state index in [1.807, 2.05) is 57.6 Å². The molecule has 5 N–H and O–H groups in total. The first-order chi connectivity index (χ1) is 38.6. The zero-order valence-corrected chi connectivity index (χ0v) is 48.7. The second-order valence-electron chi connectivity index (χ2n) is 22.2. The molecular formula is C56H75F2LiN14O10. The smallest absolute Gasteiger partial charge is 0.870 e. The molecule has 83 heavy (non-hydrogen) atoms. The third-order valence-electron chi connectivity index (χ3n) is 13.6. The van der Waals surface area contributed by atoms with Gasteiger partial charge >= 0.3 is 43.0 Å². The Bertz CT molecular complexity index is 3180. The summed E-state index contributed by atoms with van der Waals surface area (Å²) in [7, 11) is 0. The monoisotopic (exact) mass is 1150 g/mol. The molecule has 2 unspecified atom stereocenters. The summed E-state index contributed by atoms with van der Waals surface area (Å²) < 4.78 is 48.0. The van der Waals surface area contributed by atoms with Gasteiger partial charge in [-0.2, -0.15) is 10.2 Å². The minimum absolute atomic E-state index is 0. The van der Waals surface area contributed by atoms with Crippen LogP contribution in [0.15, 0.2) is 61.4 Å². The number of aliphatic hydroxyl groups is 1. The number of aliphatic hydroxyl groups excluding tert-OH is 1. The van der Waals surface area contributed by atoms with Crippen LogP contribution in [0.3, 0.4) is 0 Å². The van der Waals surface area contributed by atoms with Crippen molar-refractivity contribution in [3.8, 4) is 0 Å². The number of pyridine rings is 2. The number of halogens is 2. The van der Waals surface area contributed by atoms with Crippen molar-refractivity contribution < 1.29 is 76.7 Å². The van der Waals surface area contributed by atoms with Crippen LogP contribution in [-0.4, -0.2) is 152 Å². The van der Waals surface area contributed by atoms with Gasteiger partial charge in [0.2, 0.25) is 0 Å². The number of anilines is 2. The SMILES string of the molecule is CC(C)(C)OC(=O)NN(CCc1ncc(F)cc1C1CCCN1c1ccn2ncc(C(=O)O)c2n1)C1CC1.CCO.CCOC(=O)c1cnn2ccc(N3CCCC3c3cc(F)cnc3CCN(NC(=O)OC(C)(C)C)C3CC3)nc12.[Li+].[OH-]. The number of fused-ring (bicyclic) bond motifs is 2. The fraction of sp³-hybridized carbons (Fsp3) is 0.536. The Kier molecular flexibility index (Phi) is 22.3. The van der Waals surface area contributed by atoms with E-state index < -0.39 is 47.0 Å². The molecule has 27 heteroatoms. The topological polar surface area (TPSA) is 290 Å². The molecule has 0 radical (unpaired) electrons. The van der Waals surface area contributed by atoms with Gasteiger partial charge in [-0.1, -0.05) is 0 Å². The molecule has 2 aliphatic heterocycles. The molecule has 8 heterocycles. The van der Waals surface area contributed by atoms with Crippen molar-refractivity contribution in [3.05, 3.63) is 107 Å². The first-order valence-electron chi connectivity index (χ1n) is 27.7. The van der Waals surface area contributed by atoms with Gasteiger partial charge in [0.15, 0.2) is 11.3 Å². The van der Waals surface area contributed by atoms with Crippen LogP contribution < -0.4 is 39.5 Å². The van der Waals surface area contributed by atoms with Crippen LogP contribution in [0.2, 0.25) is 0 Å². The maximum absolute atomic E-state index is 14.5. The molecule has 4 aliphatic rings. The van der Waals surface area contributed by atoms with Gasteiger partial charge in [0.05, 0.1) is 43.5 Å². The molecule has 444 valence electrons. The predicted octanol–water partition coefficient (Wildman–Crippen LogP) is 4.80. The minimum atomic E-state index is -1.10. The zero-order valence-electron chi connectivity index (χ0n) is 48.7. The number of hydrazine groups is 2. The number of rotatable bonds is 17. The normalized spacial score (nSPS) is 16.8. The molecule has 2 amide bonds. The Morgan fingerprint density at radius 3 is 1.47 bits per heavy atom. The number of esters is 1. The van der Waals surface area contributed by atoms with Crippen molar-refractivity contribution in [1.82, 2.24) is 60.0 Å². The van der Waals surface area contributed by atoms with E-state index in [0.29, 0.717) is 55.3 Å². The van der Waals surface area contributed by atoms with E-state index in [2.05, 4.69) is 45.8 Å². The second-order valence-corrected chi connectivity index (χ2v) is 22.2. The van der Waals surface area contributed by atoms with E-state index in [1.54, 1.807) is 42.9 Å². The maximum Gasteiger partial charge on any atom is 1.00 e. The molecule has 24 nitrogen and oxygen atoms in total. The molecular weight excluding hydrogens is 1070 g/mol. The first-order valence-corrected chi connectivity index (χ1v) is 27.7. The Hall–Kier alpha value is -7.08. The number of carbonyl (C=O) groups excluding carboxylic acids is 3. The summed E-state index contributed by atoms with van der Waals surface area (Å²) in [6.07, 6.45) is 16.0. The average molecular weight is 1150 g/mol. The van der Waals surface area contributed by atoms with E-state index in [-0.39, 0.29) is 72.9 Å². The fourth-order valence-electron chi connectivity index (χ4n) is 9.95. The minimum Gasteiger partial charge on any atom is -0.870 e. The van der Waals surface area contributed by atoms with Gasteiger partial charge in [-0.05, 0) is 142 Å². The summed E-state index contributed by atoms with van der Waals surface area (Å²) in [5.41, 5.74) is 8.62. The summed E-state index contributed by atoms with van der Waals surface area (Å²) in [5, 5.41) is 29.1. The third kappa shape index (κ3) is 17.3. The van der Waals surface area contributed by atoms with Crippen molar-refractivity contribution in [1.29, 1.82) is 0 Å². The Labute approximate surface area is 492 Å². The van der Waals surface area contributed by atoms with Gasteiger partial charge in [0.1, 0.15) is 45.6 Å². The second kappa shape index (κ2) is 28.5. The maximum atomic E-state index is 14.5. The number of carbonyl (C=O) groups is 4. The van der Waals surface area contributed by atoms with Crippen molar-refractivity contribution >= 4 is 47.1 Å².